The normalized spacial score (nSPS) is 23.8. The maximum atomic E-state index is 13.0. The number of fused-ring (bicyclic) bond motifs is 1. The highest BCUT2D eigenvalue weighted by molar-refractivity contribution is 8.01. The predicted octanol–water partition coefficient (Wildman–Crippen LogP) is 3.79. The lowest BCUT2D eigenvalue weighted by molar-refractivity contribution is -0.120. The Morgan fingerprint density at radius 3 is 2.44 bits per heavy atom. The number of carbonyl (C=O) groups excluding carboxylic acids is 2. The summed E-state index contributed by atoms with van der Waals surface area (Å²) in [5.41, 5.74) is 1.25. The molecule has 2 amide bonds. The summed E-state index contributed by atoms with van der Waals surface area (Å²) in [4.78, 5) is 26.0. The molecule has 2 aliphatic heterocycles. The van der Waals surface area contributed by atoms with Crippen LogP contribution in [0, 0.1) is 11.8 Å². The second-order valence-corrected chi connectivity index (χ2v) is 11.8. The molecule has 0 bridgehead atoms. The fraction of sp³-hybridized carbons (Fsp3) is 0.391. The van der Waals surface area contributed by atoms with Crippen molar-refractivity contribution in [1.29, 1.82) is 0 Å². The number of rotatable bonds is 5. The number of nitrogens with zero attached hydrogens (tertiary/aromatic N) is 1. The van der Waals surface area contributed by atoms with Gasteiger partial charge in [-0.25, -0.2) is 8.42 Å². The molecule has 2 heterocycles. The number of thioether (sulfide) groups is 1. The van der Waals surface area contributed by atoms with E-state index in [-0.39, 0.29) is 23.1 Å². The summed E-state index contributed by atoms with van der Waals surface area (Å²) < 4.78 is 27.6. The quantitative estimate of drug-likeness (QED) is 0.689. The fourth-order valence-electron chi connectivity index (χ4n) is 4.27. The van der Waals surface area contributed by atoms with Crippen molar-refractivity contribution in [3.63, 3.8) is 0 Å². The fourth-order valence-corrected chi connectivity index (χ4v) is 7.06. The van der Waals surface area contributed by atoms with Crippen LogP contribution < -0.4 is 10.6 Å². The van der Waals surface area contributed by atoms with Gasteiger partial charge >= 0.3 is 0 Å². The number of amides is 2. The van der Waals surface area contributed by atoms with Crippen LogP contribution in [0.5, 0.6) is 0 Å². The van der Waals surface area contributed by atoms with Crippen LogP contribution in [0.25, 0.3) is 0 Å². The highest BCUT2D eigenvalue weighted by atomic mass is 32.2. The average Bonchev–Trinajstić information content (AvgIpc) is 2.74. The van der Waals surface area contributed by atoms with E-state index in [0.717, 1.165) is 17.0 Å². The Kier molecular flexibility index (Phi) is 6.60. The number of sulfonamides is 1. The van der Waals surface area contributed by atoms with Crippen molar-refractivity contribution < 1.29 is 18.0 Å². The van der Waals surface area contributed by atoms with E-state index in [4.69, 9.17) is 0 Å². The van der Waals surface area contributed by atoms with Crippen molar-refractivity contribution in [2.45, 2.75) is 41.7 Å². The first-order valence-electron chi connectivity index (χ1n) is 10.7. The molecule has 32 heavy (non-hydrogen) atoms. The second kappa shape index (κ2) is 9.25. The highest BCUT2D eigenvalue weighted by Gasteiger charge is 2.32. The molecule has 2 aromatic rings. The molecular formula is C23H27N3O4S2. The number of hydrogen-bond donors (Lipinski definition) is 2. The lowest BCUT2D eigenvalue weighted by atomic mass is 9.94. The first kappa shape index (κ1) is 22.8. The number of anilines is 2. The number of para-hydroxylation sites is 1. The van der Waals surface area contributed by atoms with E-state index in [1.54, 1.807) is 16.4 Å². The summed E-state index contributed by atoms with van der Waals surface area (Å²) in [5.74, 6) is 0.157. The zero-order valence-corrected chi connectivity index (χ0v) is 19.7. The van der Waals surface area contributed by atoms with E-state index in [2.05, 4.69) is 24.5 Å². The van der Waals surface area contributed by atoms with Crippen molar-refractivity contribution in [1.82, 2.24) is 4.31 Å². The molecule has 2 aromatic carbocycles. The molecule has 2 aliphatic rings. The van der Waals surface area contributed by atoms with E-state index in [1.807, 2.05) is 24.3 Å². The van der Waals surface area contributed by atoms with E-state index in [1.165, 1.54) is 23.9 Å². The maximum absolute atomic E-state index is 13.0. The summed E-state index contributed by atoms with van der Waals surface area (Å²) in [5, 5.41) is 5.07. The minimum atomic E-state index is -3.57. The second-order valence-electron chi connectivity index (χ2n) is 8.64. The molecule has 0 unspecified atom stereocenters. The molecule has 4 rings (SSSR count). The first-order valence-corrected chi connectivity index (χ1v) is 13.0. The third-order valence-corrected chi connectivity index (χ3v) is 8.81. The van der Waals surface area contributed by atoms with Crippen LogP contribution in [-0.4, -0.2) is 42.9 Å². The molecule has 9 heteroatoms. The third-order valence-electron chi connectivity index (χ3n) is 5.69. The standard InChI is InChI=1S/C23H27N3O4S2/c1-15-11-16(2)14-26(13-15)32(29,30)18-9-7-17(8-10-18)24-22(27)12-21-23(28)25-19-5-3-4-6-20(19)31-21/h3-10,15-16,21H,11-14H2,1-2H3,(H,24,27)(H,25,28)/t15-,16+,21-/m1/s1. The molecule has 7 nitrogen and oxygen atoms in total. The molecule has 0 saturated carbocycles. The van der Waals surface area contributed by atoms with Gasteiger partial charge in [0.2, 0.25) is 21.8 Å². The van der Waals surface area contributed by atoms with Gasteiger partial charge in [-0.15, -0.1) is 11.8 Å². The van der Waals surface area contributed by atoms with Crippen LogP contribution in [0.1, 0.15) is 26.7 Å². The summed E-state index contributed by atoms with van der Waals surface area (Å²) in [6, 6.07) is 13.7. The molecular weight excluding hydrogens is 446 g/mol. The van der Waals surface area contributed by atoms with Gasteiger partial charge in [-0.05, 0) is 54.7 Å². The zero-order valence-electron chi connectivity index (χ0n) is 18.1. The van der Waals surface area contributed by atoms with Gasteiger partial charge in [-0.1, -0.05) is 26.0 Å². The van der Waals surface area contributed by atoms with Gasteiger partial charge in [-0.2, -0.15) is 4.31 Å². The van der Waals surface area contributed by atoms with Gasteiger partial charge in [0, 0.05) is 30.1 Å². The number of piperidine rings is 1. The molecule has 0 radical (unpaired) electrons. The van der Waals surface area contributed by atoms with Gasteiger partial charge in [0.25, 0.3) is 0 Å². The predicted molar refractivity (Wildman–Crippen MR) is 126 cm³/mol. The van der Waals surface area contributed by atoms with Crippen LogP contribution in [0.2, 0.25) is 0 Å². The monoisotopic (exact) mass is 473 g/mol. The van der Waals surface area contributed by atoms with Gasteiger partial charge in [-0.3, -0.25) is 9.59 Å². The number of nitrogens with one attached hydrogen (secondary N) is 2. The summed E-state index contributed by atoms with van der Waals surface area (Å²) >= 11 is 1.37. The Bertz CT molecular complexity index is 1110. The van der Waals surface area contributed by atoms with Crippen LogP contribution in [0.4, 0.5) is 11.4 Å². The average molecular weight is 474 g/mol. The van der Waals surface area contributed by atoms with Crippen LogP contribution >= 0.6 is 11.8 Å². The van der Waals surface area contributed by atoms with Crippen molar-refractivity contribution in [3.05, 3.63) is 48.5 Å². The summed E-state index contributed by atoms with van der Waals surface area (Å²) in [6.45, 7) is 5.19. The van der Waals surface area contributed by atoms with Crippen molar-refractivity contribution in [2.75, 3.05) is 23.7 Å². The SMILES string of the molecule is C[C@@H]1C[C@H](C)CN(S(=O)(=O)c2ccc(NC(=O)C[C@H]3Sc4ccccc4NC3=O)cc2)C1. The van der Waals surface area contributed by atoms with E-state index < -0.39 is 15.3 Å². The molecule has 1 fully saturated rings. The topological polar surface area (TPSA) is 95.6 Å². The minimum absolute atomic E-state index is 0.0223. The Labute approximate surface area is 193 Å². The Hall–Kier alpha value is -2.36. The number of benzene rings is 2. The highest BCUT2D eigenvalue weighted by Crippen LogP contribution is 2.36. The first-order chi connectivity index (χ1) is 15.2. The largest absolute Gasteiger partial charge is 0.326 e. The van der Waals surface area contributed by atoms with Crippen LogP contribution in [-0.2, 0) is 19.6 Å². The maximum Gasteiger partial charge on any atom is 0.243 e. The van der Waals surface area contributed by atoms with Crippen molar-refractivity contribution in [2.24, 2.45) is 11.8 Å². The van der Waals surface area contributed by atoms with Gasteiger partial charge in [0.15, 0.2) is 0 Å². The van der Waals surface area contributed by atoms with Gasteiger partial charge < -0.3 is 10.6 Å². The van der Waals surface area contributed by atoms with Crippen molar-refractivity contribution >= 4 is 45.0 Å². The molecule has 0 aliphatic carbocycles. The van der Waals surface area contributed by atoms with Crippen molar-refractivity contribution in [3.8, 4) is 0 Å². The lowest BCUT2D eigenvalue weighted by Crippen LogP contribution is -2.42. The summed E-state index contributed by atoms with van der Waals surface area (Å²) in [6.07, 6.45) is 1.05. The zero-order chi connectivity index (χ0) is 22.9. The van der Waals surface area contributed by atoms with E-state index >= 15 is 0 Å². The van der Waals surface area contributed by atoms with E-state index in [9.17, 15) is 18.0 Å². The van der Waals surface area contributed by atoms with Crippen LogP contribution in [0.3, 0.4) is 0 Å². The third kappa shape index (κ3) is 5.00. The van der Waals surface area contributed by atoms with Gasteiger partial charge in [0.05, 0.1) is 15.8 Å². The van der Waals surface area contributed by atoms with E-state index in [0.29, 0.717) is 30.6 Å². The Morgan fingerprint density at radius 2 is 1.75 bits per heavy atom. The van der Waals surface area contributed by atoms with Gasteiger partial charge in [0.1, 0.15) is 0 Å². The van der Waals surface area contributed by atoms with Crippen LogP contribution in [0.15, 0.2) is 58.3 Å². The summed E-state index contributed by atoms with van der Waals surface area (Å²) in [7, 11) is -3.57. The molecule has 1 saturated heterocycles. The molecule has 0 spiro atoms. The molecule has 3 atom stereocenters. The number of carbonyl (C=O) groups is 2. The molecule has 170 valence electrons. The Morgan fingerprint density at radius 1 is 1.09 bits per heavy atom. The Balaban J connectivity index is 1.38. The smallest absolute Gasteiger partial charge is 0.243 e. The number of hydrogen-bond acceptors (Lipinski definition) is 5. The lowest BCUT2D eigenvalue weighted by Gasteiger charge is -2.34. The minimum Gasteiger partial charge on any atom is -0.326 e. The molecule has 2 N–H and O–H groups in total. The molecule has 0 aromatic heterocycles.